The fourth-order valence-electron chi connectivity index (χ4n) is 3.42. The Hall–Kier alpha value is -3.40. The molecule has 162 valence electrons. The van der Waals surface area contributed by atoms with E-state index >= 15 is 0 Å². The van der Waals surface area contributed by atoms with Crippen LogP contribution in [0.5, 0.6) is 5.75 Å². The summed E-state index contributed by atoms with van der Waals surface area (Å²) in [5.41, 5.74) is 1.42. The van der Waals surface area contributed by atoms with Crippen molar-refractivity contribution in [2.75, 3.05) is 32.8 Å². The number of benzene rings is 2. The van der Waals surface area contributed by atoms with Crippen molar-refractivity contribution in [1.29, 1.82) is 0 Å². The molecule has 0 bridgehead atoms. The molecule has 1 saturated heterocycles. The number of aryl methyl sites for hydroxylation is 1. The number of ether oxygens (including phenoxy) is 1. The normalized spacial score (nSPS) is 14.6. The monoisotopic (exact) mass is 428 g/mol. The number of hydrogen-bond acceptors (Lipinski definition) is 6. The van der Waals surface area contributed by atoms with Crippen LogP contribution in [0.15, 0.2) is 42.5 Å². The van der Waals surface area contributed by atoms with Gasteiger partial charge in [0.05, 0.1) is 12.2 Å². The van der Waals surface area contributed by atoms with E-state index < -0.39 is 11.6 Å². The van der Waals surface area contributed by atoms with Crippen LogP contribution in [-0.2, 0) is 11.3 Å². The van der Waals surface area contributed by atoms with Gasteiger partial charge in [-0.3, -0.25) is 9.69 Å². The molecule has 10 heteroatoms. The summed E-state index contributed by atoms with van der Waals surface area (Å²) in [5.74, 6) is -0.762. The lowest BCUT2D eigenvalue weighted by atomic mass is 10.2. The van der Waals surface area contributed by atoms with Crippen molar-refractivity contribution in [1.82, 2.24) is 30.0 Å². The Labute approximate surface area is 178 Å². The molecular formula is C21H22F2N6O2. The Morgan fingerprint density at radius 3 is 2.61 bits per heavy atom. The number of carbonyl (C=O) groups is 1. The molecule has 0 spiro atoms. The average molecular weight is 428 g/mol. The topological polar surface area (TPSA) is 76.4 Å². The average Bonchev–Trinajstić information content (AvgIpc) is 3.22. The van der Waals surface area contributed by atoms with Crippen LogP contribution in [0.2, 0.25) is 0 Å². The number of amides is 1. The van der Waals surface area contributed by atoms with E-state index in [1.54, 1.807) is 4.90 Å². The second kappa shape index (κ2) is 9.17. The third-order valence-electron chi connectivity index (χ3n) is 5.12. The molecule has 1 amide bonds. The van der Waals surface area contributed by atoms with Gasteiger partial charge in [0.15, 0.2) is 24.1 Å². The largest absolute Gasteiger partial charge is 0.484 e. The summed E-state index contributed by atoms with van der Waals surface area (Å²) in [4.78, 5) is 16.3. The lowest BCUT2D eigenvalue weighted by Gasteiger charge is -2.34. The van der Waals surface area contributed by atoms with Gasteiger partial charge in [0.25, 0.3) is 5.91 Å². The van der Waals surface area contributed by atoms with Gasteiger partial charge in [-0.05, 0) is 47.2 Å². The molecule has 1 aromatic heterocycles. The number of carbonyl (C=O) groups excluding carboxylic acids is 1. The van der Waals surface area contributed by atoms with Crippen molar-refractivity contribution in [2.24, 2.45) is 0 Å². The number of rotatable bonds is 6. The minimum atomic E-state index is -0.959. The molecule has 8 nitrogen and oxygen atoms in total. The zero-order valence-corrected chi connectivity index (χ0v) is 17.0. The van der Waals surface area contributed by atoms with Gasteiger partial charge < -0.3 is 9.64 Å². The van der Waals surface area contributed by atoms with E-state index in [9.17, 15) is 13.6 Å². The number of halogens is 2. The Balaban J connectivity index is 1.30. The van der Waals surface area contributed by atoms with Crippen molar-refractivity contribution < 1.29 is 18.3 Å². The second-order valence-corrected chi connectivity index (χ2v) is 7.37. The van der Waals surface area contributed by atoms with Crippen LogP contribution in [0.3, 0.4) is 0 Å². The molecule has 0 N–H and O–H groups in total. The third kappa shape index (κ3) is 5.02. The first-order chi connectivity index (χ1) is 15.0. The van der Waals surface area contributed by atoms with E-state index in [-0.39, 0.29) is 12.5 Å². The van der Waals surface area contributed by atoms with Gasteiger partial charge in [0, 0.05) is 32.2 Å². The molecule has 1 fully saturated rings. The van der Waals surface area contributed by atoms with Crippen molar-refractivity contribution in [2.45, 2.75) is 13.5 Å². The maximum atomic E-state index is 13.6. The SMILES string of the molecule is Cc1cccc(OCC(=O)N2CCN(Cc3nnnn3-c3ccc(F)c(F)c3)CC2)c1. The predicted molar refractivity (Wildman–Crippen MR) is 108 cm³/mol. The molecule has 1 aliphatic rings. The summed E-state index contributed by atoms with van der Waals surface area (Å²) in [7, 11) is 0. The fraction of sp³-hybridized carbons (Fsp3) is 0.333. The first-order valence-corrected chi connectivity index (χ1v) is 9.92. The molecule has 2 heterocycles. The van der Waals surface area contributed by atoms with E-state index in [1.165, 1.54) is 10.7 Å². The number of piperazine rings is 1. The smallest absolute Gasteiger partial charge is 0.260 e. The van der Waals surface area contributed by atoms with Gasteiger partial charge >= 0.3 is 0 Å². The standard InChI is InChI=1S/C21H22F2N6O2/c1-15-3-2-4-17(11-15)31-14-21(30)28-9-7-27(8-10-28)13-20-24-25-26-29(20)16-5-6-18(22)19(23)12-16/h2-6,11-12H,7-10,13-14H2,1H3. The molecule has 31 heavy (non-hydrogen) atoms. The molecule has 1 aliphatic heterocycles. The van der Waals surface area contributed by atoms with E-state index in [0.717, 1.165) is 17.7 Å². The number of tetrazole rings is 1. The van der Waals surface area contributed by atoms with Crippen LogP contribution < -0.4 is 4.74 Å². The first kappa shape index (κ1) is 20.9. The van der Waals surface area contributed by atoms with Crippen LogP contribution >= 0.6 is 0 Å². The van der Waals surface area contributed by atoms with Crippen molar-refractivity contribution in [3.8, 4) is 11.4 Å². The Morgan fingerprint density at radius 1 is 1.06 bits per heavy atom. The van der Waals surface area contributed by atoms with E-state index in [1.807, 2.05) is 31.2 Å². The molecule has 4 rings (SSSR count). The number of aromatic nitrogens is 4. The Morgan fingerprint density at radius 2 is 1.87 bits per heavy atom. The quantitative estimate of drug-likeness (QED) is 0.598. The lowest BCUT2D eigenvalue weighted by molar-refractivity contribution is -0.135. The van der Waals surface area contributed by atoms with Crippen LogP contribution in [0.1, 0.15) is 11.4 Å². The summed E-state index contributed by atoms with van der Waals surface area (Å²) in [6.07, 6.45) is 0. The number of hydrogen-bond donors (Lipinski definition) is 0. The number of nitrogens with zero attached hydrogens (tertiary/aromatic N) is 6. The zero-order chi connectivity index (χ0) is 21.8. The van der Waals surface area contributed by atoms with E-state index in [0.29, 0.717) is 50.0 Å². The highest BCUT2D eigenvalue weighted by Crippen LogP contribution is 2.15. The third-order valence-corrected chi connectivity index (χ3v) is 5.12. The molecule has 2 aromatic carbocycles. The van der Waals surface area contributed by atoms with Crippen LogP contribution in [0.25, 0.3) is 5.69 Å². The molecule has 3 aromatic rings. The maximum absolute atomic E-state index is 13.6. The lowest BCUT2D eigenvalue weighted by Crippen LogP contribution is -2.49. The summed E-state index contributed by atoms with van der Waals surface area (Å²) in [6, 6.07) is 11.1. The summed E-state index contributed by atoms with van der Waals surface area (Å²) < 4.78 is 33.7. The van der Waals surface area contributed by atoms with E-state index in [2.05, 4.69) is 20.4 Å². The zero-order valence-electron chi connectivity index (χ0n) is 17.0. The van der Waals surface area contributed by atoms with Crippen LogP contribution in [0, 0.1) is 18.6 Å². The second-order valence-electron chi connectivity index (χ2n) is 7.37. The summed E-state index contributed by atoms with van der Waals surface area (Å²) >= 11 is 0. The minimum absolute atomic E-state index is 0.00215. The minimum Gasteiger partial charge on any atom is -0.484 e. The van der Waals surface area contributed by atoms with Gasteiger partial charge in [-0.15, -0.1) is 5.10 Å². The van der Waals surface area contributed by atoms with Gasteiger partial charge in [-0.1, -0.05) is 12.1 Å². The first-order valence-electron chi connectivity index (χ1n) is 9.92. The molecule has 0 radical (unpaired) electrons. The van der Waals surface area contributed by atoms with Gasteiger partial charge in [-0.2, -0.15) is 4.68 Å². The van der Waals surface area contributed by atoms with Gasteiger partial charge in [-0.25, -0.2) is 8.78 Å². The predicted octanol–water partition coefficient (Wildman–Crippen LogP) is 1.97. The summed E-state index contributed by atoms with van der Waals surface area (Å²) in [6.45, 7) is 4.79. The summed E-state index contributed by atoms with van der Waals surface area (Å²) in [5, 5.41) is 11.5. The highest BCUT2D eigenvalue weighted by molar-refractivity contribution is 5.77. The molecule has 0 aliphatic carbocycles. The van der Waals surface area contributed by atoms with Gasteiger partial charge in [0.1, 0.15) is 5.75 Å². The molecule has 0 unspecified atom stereocenters. The molecule has 0 atom stereocenters. The van der Waals surface area contributed by atoms with Crippen molar-refractivity contribution in [3.63, 3.8) is 0 Å². The molecule has 0 saturated carbocycles. The highest BCUT2D eigenvalue weighted by atomic mass is 19.2. The Kier molecular flexibility index (Phi) is 6.17. The van der Waals surface area contributed by atoms with Crippen molar-refractivity contribution >= 4 is 5.91 Å². The maximum Gasteiger partial charge on any atom is 0.260 e. The fourth-order valence-corrected chi connectivity index (χ4v) is 3.42. The highest BCUT2D eigenvalue weighted by Gasteiger charge is 2.23. The Bertz CT molecular complexity index is 1070. The van der Waals surface area contributed by atoms with E-state index in [4.69, 9.17) is 4.74 Å². The molecular weight excluding hydrogens is 406 g/mol. The van der Waals surface area contributed by atoms with Crippen LogP contribution in [0.4, 0.5) is 8.78 Å². The van der Waals surface area contributed by atoms with Crippen molar-refractivity contribution in [3.05, 3.63) is 65.5 Å². The van der Waals surface area contributed by atoms with Crippen LogP contribution in [-0.4, -0.2) is 68.7 Å². The van der Waals surface area contributed by atoms with Gasteiger partial charge in [0.2, 0.25) is 0 Å².